The highest BCUT2D eigenvalue weighted by Gasteiger charge is 2.10. The molecule has 3 nitrogen and oxygen atoms in total. The molecule has 3 aromatic carbocycles. The zero-order valence-corrected chi connectivity index (χ0v) is 15.8. The summed E-state index contributed by atoms with van der Waals surface area (Å²) in [6, 6.07) is 20.2. The van der Waals surface area contributed by atoms with Crippen molar-refractivity contribution in [3.8, 4) is 28.3 Å². The van der Waals surface area contributed by atoms with Crippen LogP contribution in [0.5, 0.6) is 5.75 Å². The Morgan fingerprint density at radius 1 is 0.929 bits per heavy atom. The zero-order valence-electron chi connectivity index (χ0n) is 15.8. The van der Waals surface area contributed by atoms with Gasteiger partial charge < -0.3 is 9.15 Å². The van der Waals surface area contributed by atoms with E-state index in [1.807, 2.05) is 54.6 Å². The van der Waals surface area contributed by atoms with E-state index in [9.17, 15) is 4.39 Å². The molecule has 0 atom stereocenters. The third-order valence-corrected chi connectivity index (χ3v) is 4.69. The van der Waals surface area contributed by atoms with Crippen molar-refractivity contribution in [2.24, 2.45) is 0 Å². The van der Waals surface area contributed by atoms with Crippen molar-refractivity contribution < 1.29 is 13.5 Å². The number of hydrogen-bond donors (Lipinski definition) is 0. The molecule has 142 valence electrons. The number of para-hydroxylation sites is 2. The van der Waals surface area contributed by atoms with Gasteiger partial charge in [-0.05, 0) is 48.4 Å². The number of rotatable bonds is 7. The van der Waals surface area contributed by atoms with Crippen LogP contribution in [-0.2, 0) is 0 Å². The van der Waals surface area contributed by atoms with Gasteiger partial charge in [0.2, 0.25) is 5.89 Å². The minimum absolute atomic E-state index is 0.289. The van der Waals surface area contributed by atoms with Crippen molar-refractivity contribution in [1.29, 1.82) is 0 Å². The molecular formula is C24H22FNO2. The summed E-state index contributed by atoms with van der Waals surface area (Å²) in [5.74, 6) is 0.840. The van der Waals surface area contributed by atoms with Crippen LogP contribution in [0.15, 0.2) is 71.1 Å². The van der Waals surface area contributed by atoms with Crippen LogP contribution < -0.4 is 4.74 Å². The maximum Gasteiger partial charge on any atom is 0.227 e. The van der Waals surface area contributed by atoms with Crippen molar-refractivity contribution >= 4 is 11.1 Å². The van der Waals surface area contributed by atoms with Crippen LogP contribution >= 0.6 is 0 Å². The number of nitrogens with zero attached hydrogens (tertiary/aromatic N) is 1. The lowest BCUT2D eigenvalue weighted by atomic mass is 10.0. The van der Waals surface area contributed by atoms with E-state index < -0.39 is 0 Å². The summed E-state index contributed by atoms with van der Waals surface area (Å²) in [6.45, 7) is 2.76. The van der Waals surface area contributed by atoms with E-state index in [1.54, 1.807) is 6.07 Å². The van der Waals surface area contributed by atoms with Gasteiger partial charge in [0, 0.05) is 17.2 Å². The molecule has 0 saturated heterocycles. The predicted octanol–water partition coefficient (Wildman–Crippen LogP) is 6.87. The molecule has 0 aliphatic carbocycles. The van der Waals surface area contributed by atoms with Crippen LogP contribution in [0.3, 0.4) is 0 Å². The molecule has 0 radical (unpaired) electrons. The Morgan fingerprint density at radius 3 is 2.46 bits per heavy atom. The number of hydrogen-bond acceptors (Lipinski definition) is 3. The zero-order chi connectivity index (χ0) is 19.3. The molecule has 0 spiro atoms. The maximum absolute atomic E-state index is 14.6. The first-order valence-electron chi connectivity index (χ1n) is 9.63. The van der Waals surface area contributed by atoms with E-state index >= 15 is 0 Å². The molecule has 4 rings (SSSR count). The topological polar surface area (TPSA) is 35.3 Å². The Bertz CT molecular complexity index is 1040. The van der Waals surface area contributed by atoms with Crippen molar-refractivity contribution in [3.05, 3.63) is 72.5 Å². The second-order valence-electron chi connectivity index (χ2n) is 6.76. The number of halogens is 1. The standard InChI is InChI=1S/C24H22FNO2/c1-2-3-6-15-27-19-13-14-20(21(25)16-19)17-9-11-18(12-10-17)24-26-22-7-4-5-8-23(22)28-24/h4-5,7-14,16H,2-3,6,15H2,1H3. The molecule has 0 unspecified atom stereocenters. The summed E-state index contributed by atoms with van der Waals surface area (Å²) < 4.78 is 26.0. The molecule has 0 aliphatic rings. The van der Waals surface area contributed by atoms with Crippen LogP contribution in [-0.4, -0.2) is 11.6 Å². The molecule has 0 fully saturated rings. The second-order valence-corrected chi connectivity index (χ2v) is 6.76. The van der Waals surface area contributed by atoms with Crippen LogP contribution in [0, 0.1) is 5.82 Å². The van der Waals surface area contributed by atoms with E-state index in [4.69, 9.17) is 9.15 Å². The number of fused-ring (bicyclic) bond motifs is 1. The molecular weight excluding hydrogens is 353 g/mol. The first-order valence-corrected chi connectivity index (χ1v) is 9.63. The Balaban J connectivity index is 1.52. The molecule has 0 bridgehead atoms. The smallest absolute Gasteiger partial charge is 0.227 e. The largest absolute Gasteiger partial charge is 0.493 e. The first-order chi connectivity index (χ1) is 13.7. The Hall–Kier alpha value is -3.14. The number of aromatic nitrogens is 1. The molecule has 0 amide bonds. The van der Waals surface area contributed by atoms with Crippen LogP contribution in [0.25, 0.3) is 33.7 Å². The summed E-state index contributed by atoms with van der Waals surface area (Å²) in [4.78, 5) is 4.50. The number of ether oxygens (including phenoxy) is 1. The van der Waals surface area contributed by atoms with Crippen molar-refractivity contribution in [1.82, 2.24) is 4.98 Å². The Morgan fingerprint density at radius 2 is 1.71 bits per heavy atom. The van der Waals surface area contributed by atoms with Crippen molar-refractivity contribution in [2.75, 3.05) is 6.61 Å². The van der Waals surface area contributed by atoms with Gasteiger partial charge in [0.1, 0.15) is 17.1 Å². The summed E-state index contributed by atoms with van der Waals surface area (Å²) in [5.41, 5.74) is 3.78. The van der Waals surface area contributed by atoms with Gasteiger partial charge in [-0.1, -0.05) is 44.0 Å². The number of oxazole rings is 1. The van der Waals surface area contributed by atoms with E-state index in [2.05, 4.69) is 11.9 Å². The highest BCUT2D eigenvalue weighted by atomic mass is 19.1. The Kier molecular flexibility index (Phi) is 5.38. The van der Waals surface area contributed by atoms with Gasteiger partial charge in [0.15, 0.2) is 5.58 Å². The molecule has 4 aromatic rings. The lowest BCUT2D eigenvalue weighted by Crippen LogP contribution is -1.97. The molecule has 4 heteroatoms. The second kappa shape index (κ2) is 8.26. The molecule has 0 N–H and O–H groups in total. The number of benzene rings is 3. The van der Waals surface area contributed by atoms with E-state index in [0.29, 0.717) is 23.8 Å². The van der Waals surface area contributed by atoms with E-state index in [-0.39, 0.29) is 5.82 Å². The maximum atomic E-state index is 14.6. The van der Waals surface area contributed by atoms with Crippen LogP contribution in [0.2, 0.25) is 0 Å². The van der Waals surface area contributed by atoms with Crippen LogP contribution in [0.1, 0.15) is 26.2 Å². The molecule has 1 aromatic heterocycles. The third-order valence-electron chi connectivity index (χ3n) is 4.69. The lowest BCUT2D eigenvalue weighted by Gasteiger charge is -2.09. The monoisotopic (exact) mass is 375 g/mol. The first kappa shape index (κ1) is 18.2. The molecule has 0 aliphatic heterocycles. The van der Waals surface area contributed by atoms with Gasteiger partial charge in [0.25, 0.3) is 0 Å². The average Bonchev–Trinajstić information content (AvgIpc) is 3.16. The minimum atomic E-state index is -0.289. The van der Waals surface area contributed by atoms with Crippen LogP contribution in [0.4, 0.5) is 4.39 Å². The quantitative estimate of drug-likeness (QED) is 0.331. The van der Waals surface area contributed by atoms with Crippen molar-refractivity contribution in [3.63, 3.8) is 0 Å². The molecule has 0 saturated carbocycles. The number of unbranched alkanes of at least 4 members (excludes halogenated alkanes) is 2. The SMILES string of the molecule is CCCCCOc1ccc(-c2ccc(-c3nc4ccccc4o3)cc2)c(F)c1. The van der Waals surface area contributed by atoms with Gasteiger partial charge in [-0.2, -0.15) is 0 Å². The van der Waals surface area contributed by atoms with Gasteiger partial charge in [-0.3, -0.25) is 0 Å². The van der Waals surface area contributed by atoms with Gasteiger partial charge >= 0.3 is 0 Å². The summed E-state index contributed by atoms with van der Waals surface area (Å²) >= 11 is 0. The fraction of sp³-hybridized carbons (Fsp3) is 0.208. The normalized spacial score (nSPS) is 11.1. The van der Waals surface area contributed by atoms with Crippen molar-refractivity contribution in [2.45, 2.75) is 26.2 Å². The molecule has 28 heavy (non-hydrogen) atoms. The fourth-order valence-electron chi connectivity index (χ4n) is 3.15. The third kappa shape index (κ3) is 3.91. The van der Waals surface area contributed by atoms with E-state index in [1.165, 1.54) is 6.07 Å². The van der Waals surface area contributed by atoms with E-state index in [0.717, 1.165) is 41.5 Å². The highest BCUT2D eigenvalue weighted by Crippen LogP contribution is 2.30. The summed E-state index contributed by atoms with van der Waals surface area (Å²) in [7, 11) is 0. The minimum Gasteiger partial charge on any atom is -0.493 e. The highest BCUT2D eigenvalue weighted by molar-refractivity contribution is 5.76. The summed E-state index contributed by atoms with van der Waals surface area (Å²) in [5, 5.41) is 0. The average molecular weight is 375 g/mol. The van der Waals surface area contributed by atoms with Gasteiger partial charge in [-0.15, -0.1) is 0 Å². The molecule has 1 heterocycles. The fourth-order valence-corrected chi connectivity index (χ4v) is 3.15. The Labute approximate surface area is 163 Å². The predicted molar refractivity (Wildman–Crippen MR) is 110 cm³/mol. The lowest BCUT2D eigenvalue weighted by molar-refractivity contribution is 0.305. The van der Waals surface area contributed by atoms with Gasteiger partial charge in [0.05, 0.1) is 6.61 Å². The summed E-state index contributed by atoms with van der Waals surface area (Å²) in [6.07, 6.45) is 3.24. The van der Waals surface area contributed by atoms with Gasteiger partial charge in [-0.25, -0.2) is 9.37 Å².